The van der Waals surface area contributed by atoms with Gasteiger partial charge in [-0.25, -0.2) is 0 Å². The standard InChI is InChI=1S/C18H21N3O4/c19-16(23)11-5-7-12(8-6-11)20-15(22)9-10-21-17(24)13-3-1-2-4-14(13)18(21)25/h5-8,13-14H,1-4,9-10H2,(H2,19,23)(H,20,22)/t13-,14-/m0/s1. The fourth-order valence-corrected chi connectivity index (χ4v) is 3.61. The fraction of sp³-hybridized carbons (Fsp3) is 0.444. The zero-order chi connectivity index (χ0) is 18.0. The zero-order valence-corrected chi connectivity index (χ0v) is 13.9. The Kier molecular flexibility index (Phi) is 4.83. The molecule has 1 heterocycles. The molecule has 0 bridgehead atoms. The summed E-state index contributed by atoms with van der Waals surface area (Å²) in [5.74, 6) is -1.47. The summed E-state index contributed by atoms with van der Waals surface area (Å²) in [4.78, 5) is 49.0. The lowest BCUT2D eigenvalue weighted by Crippen LogP contribution is -2.34. The van der Waals surface area contributed by atoms with Crippen LogP contribution in [0.3, 0.4) is 0 Å². The highest BCUT2D eigenvalue weighted by atomic mass is 16.2. The van der Waals surface area contributed by atoms with E-state index in [1.165, 1.54) is 17.0 Å². The molecule has 1 aromatic carbocycles. The van der Waals surface area contributed by atoms with Crippen molar-refractivity contribution in [1.82, 2.24) is 4.90 Å². The molecule has 0 unspecified atom stereocenters. The van der Waals surface area contributed by atoms with E-state index in [1.54, 1.807) is 12.1 Å². The van der Waals surface area contributed by atoms with Crippen LogP contribution in [0.25, 0.3) is 0 Å². The number of rotatable bonds is 5. The summed E-state index contributed by atoms with van der Waals surface area (Å²) in [5, 5.41) is 2.68. The number of carbonyl (C=O) groups excluding carboxylic acids is 4. The van der Waals surface area contributed by atoms with Crippen molar-refractivity contribution in [3.63, 3.8) is 0 Å². The van der Waals surface area contributed by atoms with Crippen LogP contribution in [0.15, 0.2) is 24.3 Å². The maximum absolute atomic E-state index is 12.4. The minimum Gasteiger partial charge on any atom is -0.366 e. The highest BCUT2D eigenvalue weighted by molar-refractivity contribution is 6.05. The first-order valence-electron chi connectivity index (χ1n) is 8.52. The number of nitrogens with zero attached hydrogens (tertiary/aromatic N) is 1. The summed E-state index contributed by atoms with van der Waals surface area (Å²) < 4.78 is 0. The third kappa shape index (κ3) is 3.55. The van der Waals surface area contributed by atoms with Crippen LogP contribution in [0.4, 0.5) is 5.69 Å². The lowest BCUT2D eigenvalue weighted by atomic mass is 9.81. The number of anilines is 1. The average molecular weight is 343 g/mol. The summed E-state index contributed by atoms with van der Waals surface area (Å²) in [6.45, 7) is 0.107. The maximum atomic E-state index is 12.4. The van der Waals surface area contributed by atoms with Gasteiger partial charge in [-0.1, -0.05) is 12.8 Å². The molecule has 1 aliphatic heterocycles. The van der Waals surface area contributed by atoms with Crippen LogP contribution >= 0.6 is 0 Å². The molecule has 4 amide bonds. The second-order valence-electron chi connectivity index (χ2n) is 6.57. The molecule has 0 radical (unpaired) electrons. The smallest absolute Gasteiger partial charge is 0.248 e. The van der Waals surface area contributed by atoms with Gasteiger partial charge in [-0.05, 0) is 37.1 Å². The van der Waals surface area contributed by atoms with E-state index in [2.05, 4.69) is 5.32 Å². The molecule has 1 saturated carbocycles. The van der Waals surface area contributed by atoms with Gasteiger partial charge < -0.3 is 11.1 Å². The normalized spacial score (nSPS) is 22.6. The van der Waals surface area contributed by atoms with Crippen LogP contribution in [0.2, 0.25) is 0 Å². The molecule has 1 aromatic rings. The molecule has 3 N–H and O–H groups in total. The van der Waals surface area contributed by atoms with Gasteiger partial charge >= 0.3 is 0 Å². The van der Waals surface area contributed by atoms with Crippen LogP contribution in [0, 0.1) is 11.8 Å². The van der Waals surface area contributed by atoms with Gasteiger partial charge in [-0.3, -0.25) is 24.1 Å². The minimum atomic E-state index is -0.537. The Morgan fingerprint density at radius 1 is 1.04 bits per heavy atom. The number of carbonyl (C=O) groups is 4. The number of amides is 4. The summed E-state index contributed by atoms with van der Waals surface area (Å²) >= 11 is 0. The van der Waals surface area contributed by atoms with E-state index in [0.29, 0.717) is 11.3 Å². The highest BCUT2D eigenvalue weighted by Gasteiger charge is 2.47. The van der Waals surface area contributed by atoms with Gasteiger partial charge in [-0.15, -0.1) is 0 Å². The maximum Gasteiger partial charge on any atom is 0.248 e. The predicted molar refractivity (Wildman–Crippen MR) is 90.4 cm³/mol. The van der Waals surface area contributed by atoms with Crippen molar-refractivity contribution in [2.75, 3.05) is 11.9 Å². The molecule has 1 saturated heterocycles. The van der Waals surface area contributed by atoms with Crippen molar-refractivity contribution in [3.8, 4) is 0 Å². The van der Waals surface area contributed by atoms with E-state index in [9.17, 15) is 19.2 Å². The van der Waals surface area contributed by atoms with Crippen LogP contribution in [-0.2, 0) is 14.4 Å². The Morgan fingerprint density at radius 3 is 2.12 bits per heavy atom. The SMILES string of the molecule is NC(=O)c1ccc(NC(=O)CCN2C(=O)[C@H]3CCCC[C@@H]3C2=O)cc1. The second kappa shape index (κ2) is 7.04. The highest BCUT2D eigenvalue weighted by Crippen LogP contribution is 2.37. The summed E-state index contributed by atoms with van der Waals surface area (Å²) in [6.07, 6.45) is 3.55. The first-order valence-corrected chi connectivity index (χ1v) is 8.52. The topological polar surface area (TPSA) is 110 Å². The Morgan fingerprint density at radius 2 is 1.60 bits per heavy atom. The van der Waals surface area contributed by atoms with Gasteiger partial charge in [0, 0.05) is 24.2 Å². The zero-order valence-electron chi connectivity index (χ0n) is 13.9. The fourth-order valence-electron chi connectivity index (χ4n) is 3.61. The number of nitrogens with two attached hydrogens (primary N) is 1. The average Bonchev–Trinajstić information content (AvgIpc) is 2.85. The Hall–Kier alpha value is -2.70. The largest absolute Gasteiger partial charge is 0.366 e. The Labute approximate surface area is 145 Å². The molecule has 1 aliphatic carbocycles. The minimum absolute atomic E-state index is 0.0501. The van der Waals surface area contributed by atoms with Crippen LogP contribution in [0.1, 0.15) is 42.5 Å². The van der Waals surface area contributed by atoms with E-state index in [4.69, 9.17) is 5.73 Å². The van der Waals surface area contributed by atoms with Gasteiger partial charge in [0.2, 0.25) is 23.6 Å². The lowest BCUT2D eigenvalue weighted by Gasteiger charge is -2.19. The van der Waals surface area contributed by atoms with Crippen molar-refractivity contribution in [1.29, 1.82) is 0 Å². The Balaban J connectivity index is 1.54. The number of likely N-dealkylation sites (tertiary alicyclic amines) is 1. The summed E-state index contributed by atoms with van der Waals surface area (Å²) in [5.41, 5.74) is 6.05. The van der Waals surface area contributed by atoms with Gasteiger partial charge in [0.05, 0.1) is 11.8 Å². The quantitative estimate of drug-likeness (QED) is 0.785. The number of nitrogens with one attached hydrogen (secondary N) is 1. The molecule has 132 valence electrons. The third-order valence-electron chi connectivity index (χ3n) is 4.95. The van der Waals surface area contributed by atoms with E-state index < -0.39 is 5.91 Å². The number of hydrogen-bond acceptors (Lipinski definition) is 4. The number of fused-ring (bicyclic) bond motifs is 1. The van der Waals surface area contributed by atoms with E-state index in [-0.39, 0.29) is 42.5 Å². The summed E-state index contributed by atoms with van der Waals surface area (Å²) in [7, 11) is 0. The van der Waals surface area contributed by atoms with Gasteiger partial charge in [0.1, 0.15) is 0 Å². The first kappa shape index (κ1) is 17.1. The molecule has 2 aliphatic rings. The van der Waals surface area contributed by atoms with Crippen molar-refractivity contribution < 1.29 is 19.2 Å². The molecule has 7 nitrogen and oxygen atoms in total. The molecular weight excluding hydrogens is 322 g/mol. The molecule has 3 rings (SSSR count). The lowest BCUT2D eigenvalue weighted by molar-refractivity contribution is -0.140. The Bertz CT molecular complexity index is 690. The van der Waals surface area contributed by atoms with E-state index in [0.717, 1.165) is 25.7 Å². The second-order valence-corrected chi connectivity index (χ2v) is 6.57. The number of primary amides is 1. The van der Waals surface area contributed by atoms with Gasteiger partial charge in [0.25, 0.3) is 0 Å². The number of benzene rings is 1. The molecule has 2 fully saturated rings. The van der Waals surface area contributed by atoms with Crippen molar-refractivity contribution in [2.24, 2.45) is 17.6 Å². The molecule has 25 heavy (non-hydrogen) atoms. The molecule has 2 atom stereocenters. The van der Waals surface area contributed by atoms with Crippen molar-refractivity contribution in [2.45, 2.75) is 32.1 Å². The van der Waals surface area contributed by atoms with E-state index >= 15 is 0 Å². The van der Waals surface area contributed by atoms with E-state index in [1.807, 2.05) is 0 Å². The van der Waals surface area contributed by atoms with Crippen molar-refractivity contribution in [3.05, 3.63) is 29.8 Å². The van der Waals surface area contributed by atoms with Gasteiger partial charge in [0.15, 0.2) is 0 Å². The third-order valence-corrected chi connectivity index (χ3v) is 4.95. The van der Waals surface area contributed by atoms with Crippen LogP contribution < -0.4 is 11.1 Å². The molecular formula is C18H21N3O4. The number of hydrogen-bond donors (Lipinski definition) is 2. The molecule has 0 aromatic heterocycles. The molecule has 0 spiro atoms. The predicted octanol–water partition coefficient (Wildman–Crippen LogP) is 1.29. The van der Waals surface area contributed by atoms with Crippen LogP contribution in [0.5, 0.6) is 0 Å². The summed E-state index contributed by atoms with van der Waals surface area (Å²) in [6, 6.07) is 6.21. The van der Waals surface area contributed by atoms with Crippen LogP contribution in [-0.4, -0.2) is 35.1 Å². The van der Waals surface area contributed by atoms with Crippen molar-refractivity contribution >= 4 is 29.3 Å². The molecule has 7 heteroatoms. The number of imide groups is 1. The van der Waals surface area contributed by atoms with Gasteiger partial charge in [-0.2, -0.15) is 0 Å². The first-order chi connectivity index (χ1) is 12.0. The monoisotopic (exact) mass is 343 g/mol.